The number of hydrogen-bond donors (Lipinski definition) is 2. The first-order chi connectivity index (χ1) is 12.0. The maximum absolute atomic E-state index is 12.3. The van der Waals surface area contributed by atoms with Gasteiger partial charge in [-0.1, -0.05) is 6.07 Å². The van der Waals surface area contributed by atoms with E-state index in [2.05, 4.69) is 15.4 Å². The van der Waals surface area contributed by atoms with Gasteiger partial charge in [-0.2, -0.15) is 5.10 Å². The molecule has 2 N–H and O–H groups in total. The van der Waals surface area contributed by atoms with E-state index in [1.165, 1.54) is 19.2 Å². The zero-order chi connectivity index (χ0) is 17.6. The number of rotatable bonds is 2. The van der Waals surface area contributed by atoms with Crippen LogP contribution in [0.25, 0.3) is 10.9 Å². The van der Waals surface area contributed by atoms with E-state index in [0.29, 0.717) is 11.2 Å². The number of amides is 1. The molecule has 0 fully saturated rings. The monoisotopic (exact) mass is 336 g/mol. The molecular formula is C18H16N4O3. The highest BCUT2D eigenvalue weighted by Crippen LogP contribution is 2.27. The van der Waals surface area contributed by atoms with E-state index >= 15 is 0 Å². The van der Waals surface area contributed by atoms with Crippen LogP contribution in [0.15, 0.2) is 39.9 Å². The van der Waals surface area contributed by atoms with Crippen molar-refractivity contribution >= 4 is 22.5 Å². The predicted molar refractivity (Wildman–Crippen MR) is 94.0 cm³/mol. The zero-order valence-corrected chi connectivity index (χ0v) is 13.6. The van der Waals surface area contributed by atoms with E-state index in [0.717, 1.165) is 40.5 Å². The molecule has 1 aliphatic carbocycles. The molecule has 25 heavy (non-hydrogen) atoms. The van der Waals surface area contributed by atoms with Crippen LogP contribution in [-0.2, 0) is 19.9 Å². The summed E-state index contributed by atoms with van der Waals surface area (Å²) in [7, 11) is 1.49. The number of carbonyl (C=O) groups excluding carboxylic acids is 1. The maximum Gasteiger partial charge on any atom is 0.276 e. The van der Waals surface area contributed by atoms with E-state index in [1.807, 2.05) is 6.07 Å². The molecule has 0 spiro atoms. The first kappa shape index (κ1) is 15.3. The lowest BCUT2D eigenvalue weighted by Crippen LogP contribution is -2.23. The normalized spacial score (nSPS) is 13.0. The number of fused-ring (bicyclic) bond motifs is 3. The van der Waals surface area contributed by atoms with Crippen LogP contribution in [0.3, 0.4) is 0 Å². The first-order valence-electron chi connectivity index (χ1n) is 8.06. The lowest BCUT2D eigenvalue weighted by molar-refractivity contribution is 0.102. The van der Waals surface area contributed by atoms with Gasteiger partial charge in [-0.15, -0.1) is 0 Å². The molecule has 7 heteroatoms. The third-order valence-corrected chi connectivity index (χ3v) is 4.54. The summed E-state index contributed by atoms with van der Waals surface area (Å²) in [6.07, 6.45) is 2.72. The molecule has 2 aromatic heterocycles. The lowest BCUT2D eigenvalue weighted by Gasteiger charge is -2.09. The number of hydrogen-bond acceptors (Lipinski definition) is 4. The van der Waals surface area contributed by atoms with Crippen LogP contribution in [0, 0.1) is 0 Å². The van der Waals surface area contributed by atoms with Crippen molar-refractivity contribution in [2.75, 3.05) is 5.32 Å². The summed E-state index contributed by atoms with van der Waals surface area (Å²) in [5.41, 5.74) is 3.05. The average molecular weight is 336 g/mol. The van der Waals surface area contributed by atoms with Crippen LogP contribution >= 0.6 is 0 Å². The number of aryl methyl sites for hydroxylation is 2. The maximum atomic E-state index is 12.3. The summed E-state index contributed by atoms with van der Waals surface area (Å²) in [4.78, 5) is 38.7. The molecule has 1 amide bonds. The molecule has 0 atom stereocenters. The van der Waals surface area contributed by atoms with Crippen LogP contribution in [0.1, 0.15) is 28.0 Å². The van der Waals surface area contributed by atoms with Gasteiger partial charge < -0.3 is 10.3 Å². The molecule has 0 aliphatic heterocycles. The molecule has 0 saturated heterocycles. The minimum atomic E-state index is -0.418. The number of nitrogens with one attached hydrogen (secondary N) is 2. The SMILES string of the molecule is Cn1nc(C(=O)Nc2ccc3c4c(c(=O)[nH]c3c2)CCC4)ccc1=O. The number of aromatic nitrogens is 3. The number of pyridine rings is 1. The van der Waals surface area contributed by atoms with E-state index < -0.39 is 5.91 Å². The minimum Gasteiger partial charge on any atom is -0.322 e. The zero-order valence-electron chi connectivity index (χ0n) is 13.6. The number of anilines is 1. The largest absolute Gasteiger partial charge is 0.322 e. The Morgan fingerprint density at radius 2 is 1.96 bits per heavy atom. The molecule has 2 heterocycles. The minimum absolute atomic E-state index is 0.0526. The lowest BCUT2D eigenvalue weighted by atomic mass is 10.1. The highest BCUT2D eigenvalue weighted by Gasteiger charge is 2.18. The van der Waals surface area contributed by atoms with Crippen LogP contribution in [0.4, 0.5) is 5.69 Å². The predicted octanol–water partition coefficient (Wildman–Crippen LogP) is 1.36. The molecule has 0 saturated carbocycles. The number of nitrogens with zero attached hydrogens (tertiary/aromatic N) is 2. The fourth-order valence-corrected chi connectivity index (χ4v) is 3.30. The Balaban J connectivity index is 1.69. The van der Waals surface area contributed by atoms with Gasteiger partial charge in [-0.05, 0) is 43.0 Å². The second-order valence-electron chi connectivity index (χ2n) is 6.16. The van der Waals surface area contributed by atoms with Crippen molar-refractivity contribution in [2.45, 2.75) is 19.3 Å². The van der Waals surface area contributed by atoms with Gasteiger partial charge in [-0.25, -0.2) is 4.68 Å². The van der Waals surface area contributed by atoms with Crippen molar-refractivity contribution in [3.8, 4) is 0 Å². The summed E-state index contributed by atoms with van der Waals surface area (Å²) in [6, 6.07) is 8.14. The molecule has 7 nitrogen and oxygen atoms in total. The number of aromatic amines is 1. The van der Waals surface area contributed by atoms with Crippen LogP contribution < -0.4 is 16.4 Å². The Bertz CT molecular complexity index is 1130. The van der Waals surface area contributed by atoms with Gasteiger partial charge in [0.05, 0.1) is 5.52 Å². The summed E-state index contributed by atoms with van der Waals surface area (Å²) in [5, 5.41) is 7.69. The number of H-pyrrole nitrogens is 1. The fourth-order valence-electron chi connectivity index (χ4n) is 3.30. The smallest absolute Gasteiger partial charge is 0.276 e. The van der Waals surface area contributed by atoms with Crippen molar-refractivity contribution in [1.82, 2.24) is 14.8 Å². The Morgan fingerprint density at radius 3 is 2.76 bits per heavy atom. The number of benzene rings is 1. The van der Waals surface area contributed by atoms with Crippen LogP contribution in [-0.4, -0.2) is 20.7 Å². The van der Waals surface area contributed by atoms with Crippen molar-refractivity contribution in [1.29, 1.82) is 0 Å². The summed E-state index contributed by atoms with van der Waals surface area (Å²) in [5.74, 6) is -0.418. The van der Waals surface area contributed by atoms with Gasteiger partial charge in [0.25, 0.3) is 17.0 Å². The van der Waals surface area contributed by atoms with Gasteiger partial charge in [0.2, 0.25) is 0 Å². The third kappa shape index (κ3) is 2.63. The first-order valence-corrected chi connectivity index (χ1v) is 8.06. The summed E-state index contributed by atoms with van der Waals surface area (Å²) >= 11 is 0. The Hall–Kier alpha value is -3.22. The fraction of sp³-hybridized carbons (Fsp3) is 0.222. The second kappa shape index (κ2) is 5.70. The highest BCUT2D eigenvalue weighted by molar-refractivity contribution is 6.03. The topological polar surface area (TPSA) is 96.8 Å². The molecule has 1 aliphatic rings. The van der Waals surface area contributed by atoms with Gasteiger partial charge in [0.1, 0.15) is 5.69 Å². The van der Waals surface area contributed by atoms with Crippen molar-refractivity contribution < 1.29 is 4.79 Å². The van der Waals surface area contributed by atoms with Gasteiger partial charge in [-0.3, -0.25) is 14.4 Å². The third-order valence-electron chi connectivity index (χ3n) is 4.54. The molecule has 0 bridgehead atoms. The van der Waals surface area contributed by atoms with E-state index in [9.17, 15) is 14.4 Å². The van der Waals surface area contributed by atoms with Crippen molar-refractivity contribution in [3.05, 3.63) is 67.9 Å². The summed E-state index contributed by atoms with van der Waals surface area (Å²) in [6.45, 7) is 0. The second-order valence-corrected chi connectivity index (χ2v) is 6.16. The molecule has 4 rings (SSSR count). The Kier molecular flexibility index (Phi) is 3.49. The molecule has 3 aromatic rings. The molecule has 126 valence electrons. The Labute approximate surface area is 142 Å². The molecule has 0 unspecified atom stereocenters. The van der Waals surface area contributed by atoms with E-state index in [-0.39, 0.29) is 16.8 Å². The van der Waals surface area contributed by atoms with E-state index in [1.54, 1.807) is 12.1 Å². The van der Waals surface area contributed by atoms with E-state index in [4.69, 9.17) is 0 Å². The quantitative estimate of drug-likeness (QED) is 0.738. The van der Waals surface area contributed by atoms with Gasteiger partial charge in [0.15, 0.2) is 0 Å². The summed E-state index contributed by atoms with van der Waals surface area (Å²) < 4.78 is 1.11. The Morgan fingerprint density at radius 1 is 1.16 bits per heavy atom. The number of carbonyl (C=O) groups is 1. The van der Waals surface area contributed by atoms with Crippen molar-refractivity contribution in [3.63, 3.8) is 0 Å². The van der Waals surface area contributed by atoms with Gasteiger partial charge >= 0.3 is 0 Å². The molecule has 0 radical (unpaired) electrons. The van der Waals surface area contributed by atoms with Crippen LogP contribution in [0.2, 0.25) is 0 Å². The van der Waals surface area contributed by atoms with Crippen molar-refractivity contribution in [2.24, 2.45) is 7.05 Å². The van der Waals surface area contributed by atoms with Crippen LogP contribution in [0.5, 0.6) is 0 Å². The van der Waals surface area contributed by atoms with Gasteiger partial charge in [0, 0.05) is 29.8 Å². The molecular weight excluding hydrogens is 320 g/mol. The molecule has 1 aromatic carbocycles. The standard InChI is InChI=1S/C18H16N4O3/c1-22-16(23)8-7-14(21-22)18(25)19-10-5-6-12-11-3-2-4-13(11)17(24)20-15(12)9-10/h5-9H,2-4H2,1H3,(H,19,25)(H,20,24). The highest BCUT2D eigenvalue weighted by atomic mass is 16.2. The average Bonchev–Trinajstić information content (AvgIpc) is 3.07.